The summed E-state index contributed by atoms with van der Waals surface area (Å²) in [4.78, 5) is 17.2. The third-order valence-corrected chi connectivity index (χ3v) is 6.06. The van der Waals surface area contributed by atoms with Crippen molar-refractivity contribution in [1.82, 2.24) is 20.4 Å². The Hall–Kier alpha value is -0.810. The van der Waals surface area contributed by atoms with Crippen molar-refractivity contribution in [1.29, 1.82) is 0 Å². The van der Waals surface area contributed by atoms with E-state index in [2.05, 4.69) is 27.5 Å². The largest absolute Gasteiger partial charge is 0.338 e. The molecule has 5 nitrogen and oxygen atoms in total. The number of unbranched alkanes of at least 4 members (excludes halogenated alkanes) is 1. The summed E-state index contributed by atoms with van der Waals surface area (Å²) in [5.74, 6) is 0. The summed E-state index contributed by atoms with van der Waals surface area (Å²) in [7, 11) is 2.26. The van der Waals surface area contributed by atoms with Crippen LogP contribution in [0.1, 0.15) is 57.8 Å². The predicted octanol–water partition coefficient (Wildman–Crippen LogP) is 2.18. The van der Waals surface area contributed by atoms with Crippen LogP contribution in [0.4, 0.5) is 4.79 Å². The van der Waals surface area contributed by atoms with E-state index in [-0.39, 0.29) is 6.03 Å². The Morgan fingerprint density at radius 1 is 1.04 bits per heavy atom. The predicted molar refractivity (Wildman–Crippen MR) is 93.7 cm³/mol. The minimum atomic E-state index is 0.0406. The summed E-state index contributed by atoms with van der Waals surface area (Å²) < 4.78 is 0. The molecule has 0 aromatic heterocycles. The second kappa shape index (κ2) is 8.34. The Morgan fingerprint density at radius 3 is 2.43 bits per heavy atom. The lowest BCUT2D eigenvalue weighted by atomic mass is 9.82. The molecule has 2 N–H and O–H groups in total. The number of amides is 2. The molecule has 0 spiro atoms. The maximum Gasteiger partial charge on any atom is 0.315 e. The first-order valence-corrected chi connectivity index (χ1v) is 9.71. The Balaban J connectivity index is 1.27. The van der Waals surface area contributed by atoms with Gasteiger partial charge in [0.1, 0.15) is 0 Å². The molecule has 2 atom stereocenters. The van der Waals surface area contributed by atoms with E-state index in [1.54, 1.807) is 0 Å². The Bertz CT molecular complexity index is 369. The van der Waals surface area contributed by atoms with Crippen LogP contribution in [0, 0.1) is 0 Å². The fraction of sp³-hybridized carbons (Fsp3) is 0.944. The summed E-state index contributed by atoms with van der Waals surface area (Å²) >= 11 is 0. The zero-order valence-corrected chi connectivity index (χ0v) is 14.7. The van der Waals surface area contributed by atoms with Gasteiger partial charge in [-0.05, 0) is 78.0 Å². The highest BCUT2D eigenvalue weighted by Crippen LogP contribution is 2.32. The summed E-state index contributed by atoms with van der Waals surface area (Å²) in [6.07, 6.45) is 11.2. The fourth-order valence-corrected chi connectivity index (χ4v) is 4.64. The van der Waals surface area contributed by atoms with Gasteiger partial charge >= 0.3 is 6.03 Å². The number of rotatable bonds is 6. The Labute approximate surface area is 141 Å². The van der Waals surface area contributed by atoms with Gasteiger partial charge in [-0.25, -0.2) is 4.79 Å². The lowest BCUT2D eigenvalue weighted by molar-refractivity contribution is 0.0509. The van der Waals surface area contributed by atoms with Crippen molar-refractivity contribution in [3.63, 3.8) is 0 Å². The van der Waals surface area contributed by atoms with E-state index in [1.807, 2.05) is 0 Å². The zero-order chi connectivity index (χ0) is 16.1. The van der Waals surface area contributed by atoms with Gasteiger partial charge in [0, 0.05) is 24.7 Å². The average Bonchev–Trinajstić information content (AvgIpc) is 3.01. The maximum atomic E-state index is 12.1. The fourth-order valence-electron chi connectivity index (χ4n) is 4.64. The van der Waals surface area contributed by atoms with Gasteiger partial charge in [0.05, 0.1) is 0 Å². The molecule has 0 aromatic carbocycles. The maximum absolute atomic E-state index is 12.1. The van der Waals surface area contributed by atoms with E-state index in [0.717, 1.165) is 25.8 Å². The number of nitrogens with zero attached hydrogens (tertiary/aromatic N) is 2. The first-order valence-electron chi connectivity index (χ1n) is 9.71. The first-order chi connectivity index (χ1) is 11.2. The van der Waals surface area contributed by atoms with Crippen molar-refractivity contribution in [2.45, 2.75) is 75.9 Å². The molecular formula is C18H34N4O. The van der Waals surface area contributed by atoms with Crippen molar-refractivity contribution in [2.24, 2.45) is 0 Å². The van der Waals surface area contributed by atoms with Crippen LogP contribution in [0.2, 0.25) is 0 Å². The van der Waals surface area contributed by atoms with E-state index in [9.17, 15) is 4.79 Å². The number of carbonyl (C=O) groups excluding carboxylic acids is 1. The van der Waals surface area contributed by atoms with Gasteiger partial charge in [-0.15, -0.1) is 0 Å². The minimum Gasteiger partial charge on any atom is -0.338 e. The quantitative estimate of drug-likeness (QED) is 0.737. The number of urea groups is 1. The highest BCUT2D eigenvalue weighted by Gasteiger charge is 2.36. The number of nitrogens with one attached hydrogen (secondary N) is 2. The molecule has 3 heterocycles. The topological polar surface area (TPSA) is 47.6 Å². The van der Waals surface area contributed by atoms with E-state index < -0.39 is 0 Å². The normalized spacial score (nSPS) is 32.0. The molecule has 23 heavy (non-hydrogen) atoms. The van der Waals surface area contributed by atoms with Gasteiger partial charge in [0.25, 0.3) is 0 Å². The van der Waals surface area contributed by atoms with Crippen LogP contribution in [0.25, 0.3) is 0 Å². The molecule has 3 aliphatic heterocycles. The molecular weight excluding hydrogens is 288 g/mol. The first kappa shape index (κ1) is 17.0. The zero-order valence-electron chi connectivity index (χ0n) is 14.7. The van der Waals surface area contributed by atoms with Crippen LogP contribution < -0.4 is 10.6 Å². The lowest BCUT2D eigenvalue weighted by Gasteiger charge is -2.47. The summed E-state index contributed by atoms with van der Waals surface area (Å²) in [5.41, 5.74) is 0. The number of hydrogen-bond donors (Lipinski definition) is 2. The van der Waals surface area contributed by atoms with Gasteiger partial charge in [0.2, 0.25) is 0 Å². The standard InChI is InChI=1S/C18H34N4O/c1-21-16-7-6-8-17(21)14-15(13-16)20-18(23)19-9-2-3-10-22-11-4-5-12-22/h15-17H,2-14H2,1H3,(H2,19,20,23). The lowest BCUT2D eigenvalue weighted by Crippen LogP contribution is -2.56. The monoisotopic (exact) mass is 322 g/mol. The molecule has 132 valence electrons. The Kier molecular flexibility index (Phi) is 6.17. The highest BCUT2D eigenvalue weighted by molar-refractivity contribution is 5.74. The number of hydrogen-bond acceptors (Lipinski definition) is 3. The molecule has 0 radical (unpaired) electrons. The van der Waals surface area contributed by atoms with Gasteiger partial charge in [0.15, 0.2) is 0 Å². The van der Waals surface area contributed by atoms with Crippen molar-refractivity contribution in [3.05, 3.63) is 0 Å². The van der Waals surface area contributed by atoms with Gasteiger partial charge in [-0.2, -0.15) is 0 Å². The van der Waals surface area contributed by atoms with Crippen LogP contribution in [0.3, 0.4) is 0 Å². The molecule has 5 heteroatoms. The van der Waals surface area contributed by atoms with Crippen molar-refractivity contribution >= 4 is 6.03 Å². The summed E-state index contributed by atoms with van der Waals surface area (Å²) in [6, 6.07) is 1.76. The third kappa shape index (κ3) is 4.83. The number of likely N-dealkylation sites (tertiary alicyclic amines) is 1. The van der Waals surface area contributed by atoms with E-state index in [0.29, 0.717) is 18.1 Å². The molecule has 3 fully saturated rings. The molecule has 3 saturated heterocycles. The molecule has 2 unspecified atom stereocenters. The molecule has 3 rings (SSSR count). The molecule has 0 saturated carbocycles. The summed E-state index contributed by atoms with van der Waals surface area (Å²) in [6.45, 7) is 4.54. The van der Waals surface area contributed by atoms with Crippen LogP contribution in [-0.4, -0.2) is 67.2 Å². The molecule has 3 aliphatic rings. The highest BCUT2D eigenvalue weighted by atomic mass is 16.2. The average molecular weight is 322 g/mol. The van der Waals surface area contributed by atoms with Crippen LogP contribution >= 0.6 is 0 Å². The van der Waals surface area contributed by atoms with Crippen LogP contribution in [0.5, 0.6) is 0 Å². The van der Waals surface area contributed by atoms with Gasteiger partial charge < -0.3 is 20.4 Å². The molecule has 0 aliphatic carbocycles. The third-order valence-electron chi connectivity index (χ3n) is 6.06. The van der Waals surface area contributed by atoms with E-state index in [4.69, 9.17) is 0 Å². The second-order valence-corrected chi connectivity index (χ2v) is 7.73. The Morgan fingerprint density at radius 2 is 1.74 bits per heavy atom. The number of fused-ring (bicyclic) bond motifs is 2. The number of piperidine rings is 2. The van der Waals surface area contributed by atoms with Crippen molar-refractivity contribution in [2.75, 3.05) is 33.2 Å². The van der Waals surface area contributed by atoms with Crippen LogP contribution in [-0.2, 0) is 0 Å². The van der Waals surface area contributed by atoms with Crippen molar-refractivity contribution in [3.8, 4) is 0 Å². The van der Waals surface area contributed by atoms with E-state index in [1.165, 1.54) is 58.2 Å². The van der Waals surface area contributed by atoms with Crippen molar-refractivity contribution < 1.29 is 4.79 Å². The van der Waals surface area contributed by atoms with Crippen LogP contribution in [0.15, 0.2) is 0 Å². The smallest absolute Gasteiger partial charge is 0.315 e. The minimum absolute atomic E-state index is 0.0406. The van der Waals surface area contributed by atoms with Gasteiger partial charge in [-0.1, -0.05) is 6.42 Å². The molecule has 2 bridgehead atoms. The molecule has 0 aromatic rings. The number of carbonyl (C=O) groups is 1. The summed E-state index contributed by atoms with van der Waals surface area (Å²) in [5, 5.41) is 6.26. The van der Waals surface area contributed by atoms with E-state index >= 15 is 0 Å². The van der Waals surface area contributed by atoms with Gasteiger partial charge in [-0.3, -0.25) is 0 Å². The second-order valence-electron chi connectivity index (χ2n) is 7.73. The molecule has 2 amide bonds. The SMILES string of the molecule is CN1C2CCCC1CC(NC(=O)NCCCCN1CCCC1)C2.